The highest BCUT2D eigenvalue weighted by Gasteiger charge is 2.17. The Hall–Kier alpha value is -2.60. The van der Waals surface area contributed by atoms with Crippen molar-refractivity contribution in [1.82, 2.24) is 14.5 Å². The highest BCUT2D eigenvalue weighted by Crippen LogP contribution is 2.23. The number of rotatable bonds is 4. The van der Waals surface area contributed by atoms with Gasteiger partial charge in [0.25, 0.3) is 5.56 Å². The van der Waals surface area contributed by atoms with Crippen molar-refractivity contribution in [3.63, 3.8) is 0 Å². The normalized spacial score (nSPS) is 14.2. The average molecular weight is 373 g/mol. The first-order valence-corrected chi connectivity index (χ1v) is 8.57. The predicted molar refractivity (Wildman–Crippen MR) is 104 cm³/mol. The predicted octanol–water partition coefficient (Wildman–Crippen LogP) is 3.90. The molecule has 136 valence electrons. The smallest absolute Gasteiger partial charge is 0.294 e. The molecule has 1 aromatic carbocycles. The van der Waals surface area contributed by atoms with Crippen LogP contribution < -0.4 is 15.6 Å². The van der Waals surface area contributed by atoms with Gasteiger partial charge in [-0.3, -0.25) is 9.36 Å². The van der Waals surface area contributed by atoms with E-state index in [1.165, 1.54) is 17.4 Å². The zero-order valence-corrected chi connectivity index (χ0v) is 15.3. The minimum Gasteiger partial charge on any atom is -0.452 e. The Morgan fingerprint density at radius 1 is 1.19 bits per heavy atom. The number of aromatic nitrogens is 3. The van der Waals surface area contributed by atoms with Crippen molar-refractivity contribution in [3.8, 4) is 11.5 Å². The second kappa shape index (κ2) is 7.74. The van der Waals surface area contributed by atoms with E-state index in [0.717, 1.165) is 18.2 Å². The molecule has 2 heterocycles. The summed E-state index contributed by atoms with van der Waals surface area (Å²) in [6, 6.07) is 11.4. The highest BCUT2D eigenvalue weighted by molar-refractivity contribution is 5.85. The summed E-state index contributed by atoms with van der Waals surface area (Å²) in [5.41, 5.74) is 0.378. The summed E-state index contributed by atoms with van der Waals surface area (Å²) >= 11 is 0. The third-order valence-electron chi connectivity index (χ3n) is 4.58. The molecule has 0 spiro atoms. The monoisotopic (exact) mass is 372 g/mol. The van der Waals surface area contributed by atoms with Gasteiger partial charge in [0.2, 0.25) is 5.95 Å². The molecule has 0 unspecified atom stereocenters. The summed E-state index contributed by atoms with van der Waals surface area (Å²) in [7, 11) is 1.70. The number of halogens is 1. The Balaban J connectivity index is 0.00000196. The van der Waals surface area contributed by atoms with E-state index in [-0.39, 0.29) is 23.7 Å². The van der Waals surface area contributed by atoms with Crippen molar-refractivity contribution in [1.29, 1.82) is 0 Å². The molecule has 0 aliphatic heterocycles. The first kappa shape index (κ1) is 18.2. The van der Waals surface area contributed by atoms with Gasteiger partial charge in [-0.1, -0.05) is 31.0 Å². The molecule has 0 radical (unpaired) electrons. The summed E-state index contributed by atoms with van der Waals surface area (Å²) in [4.78, 5) is 21.5. The fraction of sp³-hybridized carbons (Fsp3) is 0.316. The second-order valence-electron chi connectivity index (χ2n) is 6.39. The van der Waals surface area contributed by atoms with Crippen molar-refractivity contribution >= 4 is 29.4 Å². The molecule has 1 saturated carbocycles. The number of para-hydroxylation sites is 1. The summed E-state index contributed by atoms with van der Waals surface area (Å²) in [6.45, 7) is 0. The van der Waals surface area contributed by atoms with Crippen LogP contribution in [0, 0.1) is 0 Å². The lowest BCUT2D eigenvalue weighted by Gasteiger charge is -2.13. The molecular formula is C19H21ClN4O2. The number of pyridine rings is 1. The first-order valence-electron chi connectivity index (χ1n) is 8.57. The van der Waals surface area contributed by atoms with Gasteiger partial charge in [0.1, 0.15) is 11.4 Å². The van der Waals surface area contributed by atoms with E-state index in [2.05, 4.69) is 15.3 Å². The summed E-state index contributed by atoms with van der Waals surface area (Å²) in [5, 5.41) is 4.13. The van der Waals surface area contributed by atoms with Crippen LogP contribution in [0.1, 0.15) is 25.7 Å². The van der Waals surface area contributed by atoms with Gasteiger partial charge in [0, 0.05) is 24.7 Å². The molecule has 0 amide bonds. The van der Waals surface area contributed by atoms with E-state index in [4.69, 9.17) is 4.74 Å². The van der Waals surface area contributed by atoms with E-state index in [0.29, 0.717) is 23.4 Å². The molecule has 0 saturated heterocycles. The van der Waals surface area contributed by atoms with Gasteiger partial charge < -0.3 is 10.1 Å². The molecule has 26 heavy (non-hydrogen) atoms. The number of nitrogens with zero attached hydrogens (tertiary/aromatic N) is 3. The molecule has 0 atom stereocenters. The van der Waals surface area contributed by atoms with Crippen molar-refractivity contribution in [3.05, 3.63) is 52.9 Å². The molecule has 2 aromatic heterocycles. The van der Waals surface area contributed by atoms with Crippen LogP contribution in [0.3, 0.4) is 0 Å². The van der Waals surface area contributed by atoms with E-state index in [9.17, 15) is 4.79 Å². The number of benzene rings is 1. The van der Waals surface area contributed by atoms with Gasteiger partial charge in [0.05, 0.1) is 0 Å². The molecule has 1 aliphatic rings. The van der Waals surface area contributed by atoms with Crippen LogP contribution in [-0.4, -0.2) is 20.6 Å². The Kier molecular flexibility index (Phi) is 5.42. The van der Waals surface area contributed by atoms with Crippen molar-refractivity contribution in [2.24, 2.45) is 7.05 Å². The summed E-state index contributed by atoms with van der Waals surface area (Å²) in [5.74, 6) is 1.46. The fourth-order valence-electron chi connectivity index (χ4n) is 3.23. The third kappa shape index (κ3) is 3.65. The summed E-state index contributed by atoms with van der Waals surface area (Å²) in [6.07, 6.45) is 6.50. The molecule has 7 heteroatoms. The van der Waals surface area contributed by atoms with Gasteiger partial charge in [-0.05, 0) is 31.0 Å². The van der Waals surface area contributed by atoms with Crippen molar-refractivity contribution < 1.29 is 4.74 Å². The van der Waals surface area contributed by atoms with Gasteiger partial charge in [0.15, 0.2) is 5.75 Å². The number of hydrogen-bond donors (Lipinski definition) is 1. The maximum absolute atomic E-state index is 12.6. The molecule has 1 aliphatic carbocycles. The minimum atomic E-state index is -0.220. The van der Waals surface area contributed by atoms with E-state index in [1.807, 2.05) is 30.3 Å². The van der Waals surface area contributed by atoms with Gasteiger partial charge in [-0.2, -0.15) is 4.98 Å². The fourth-order valence-corrected chi connectivity index (χ4v) is 3.23. The van der Waals surface area contributed by atoms with Gasteiger partial charge in [-0.25, -0.2) is 4.98 Å². The van der Waals surface area contributed by atoms with E-state index in [1.54, 1.807) is 19.3 Å². The quantitative estimate of drug-likeness (QED) is 0.752. The number of ether oxygens (including phenoxy) is 1. The van der Waals surface area contributed by atoms with Crippen LogP contribution in [0.5, 0.6) is 11.5 Å². The molecule has 1 fully saturated rings. The van der Waals surface area contributed by atoms with Gasteiger partial charge >= 0.3 is 0 Å². The third-order valence-corrected chi connectivity index (χ3v) is 4.58. The van der Waals surface area contributed by atoms with Crippen molar-refractivity contribution in [2.45, 2.75) is 31.7 Å². The SMILES string of the molecule is Cl.Cn1c(=O)c(Oc2ccccc2)cc2cnc(NC3CCCC3)nc21. The number of anilines is 1. The lowest BCUT2D eigenvalue weighted by Crippen LogP contribution is -2.21. The highest BCUT2D eigenvalue weighted by atomic mass is 35.5. The Labute approximate surface area is 157 Å². The van der Waals surface area contributed by atoms with Crippen LogP contribution in [0.4, 0.5) is 5.95 Å². The second-order valence-corrected chi connectivity index (χ2v) is 6.39. The van der Waals surface area contributed by atoms with Crippen LogP contribution in [-0.2, 0) is 7.05 Å². The lowest BCUT2D eigenvalue weighted by atomic mass is 10.2. The zero-order chi connectivity index (χ0) is 17.2. The minimum absolute atomic E-state index is 0. The topological polar surface area (TPSA) is 69.0 Å². The molecule has 6 nitrogen and oxygen atoms in total. The Morgan fingerprint density at radius 2 is 1.92 bits per heavy atom. The summed E-state index contributed by atoms with van der Waals surface area (Å²) < 4.78 is 7.24. The maximum Gasteiger partial charge on any atom is 0.294 e. The van der Waals surface area contributed by atoms with Crippen LogP contribution in [0.2, 0.25) is 0 Å². The molecular weight excluding hydrogens is 352 g/mol. The largest absolute Gasteiger partial charge is 0.452 e. The molecule has 0 bridgehead atoms. The zero-order valence-electron chi connectivity index (χ0n) is 14.5. The van der Waals surface area contributed by atoms with Crippen molar-refractivity contribution in [2.75, 3.05) is 5.32 Å². The number of nitrogens with one attached hydrogen (secondary N) is 1. The lowest BCUT2D eigenvalue weighted by molar-refractivity contribution is 0.471. The standard InChI is InChI=1S/C19H20N4O2.ClH/c1-23-17-13(12-20-19(22-17)21-14-7-5-6-8-14)11-16(18(23)24)25-15-9-3-2-4-10-15;/h2-4,9-12,14H,5-8H2,1H3,(H,20,21,22);1H. The molecule has 1 N–H and O–H groups in total. The molecule has 3 aromatic rings. The number of aryl methyl sites for hydroxylation is 1. The van der Waals surface area contributed by atoms with E-state index < -0.39 is 0 Å². The average Bonchev–Trinajstić information content (AvgIpc) is 3.14. The van der Waals surface area contributed by atoms with E-state index >= 15 is 0 Å². The Bertz CT molecular complexity index is 953. The van der Waals surface area contributed by atoms with Crippen LogP contribution in [0.25, 0.3) is 11.0 Å². The molecule has 4 rings (SSSR count). The maximum atomic E-state index is 12.6. The van der Waals surface area contributed by atoms with Crippen LogP contribution >= 0.6 is 12.4 Å². The Morgan fingerprint density at radius 3 is 2.65 bits per heavy atom. The van der Waals surface area contributed by atoms with Gasteiger partial charge in [-0.15, -0.1) is 12.4 Å². The van der Waals surface area contributed by atoms with Crippen LogP contribution in [0.15, 0.2) is 47.4 Å². The first-order chi connectivity index (χ1) is 12.2. The number of hydrogen-bond acceptors (Lipinski definition) is 5. The number of fused-ring (bicyclic) bond motifs is 1.